The first kappa shape index (κ1) is 20.3. The lowest BCUT2D eigenvalue weighted by Gasteiger charge is -2.44. The van der Waals surface area contributed by atoms with Crippen LogP contribution < -0.4 is 0 Å². The summed E-state index contributed by atoms with van der Waals surface area (Å²) in [6.45, 7) is 18.0. The van der Waals surface area contributed by atoms with Crippen LogP contribution in [0.1, 0.15) is 59.6 Å². The highest BCUT2D eigenvalue weighted by Gasteiger charge is 2.46. The molecule has 0 N–H and O–H groups in total. The monoisotopic (exact) mass is 358 g/mol. The average molecular weight is 359 g/mol. The van der Waals surface area contributed by atoms with Gasteiger partial charge in [-0.15, -0.1) is 0 Å². The predicted molar refractivity (Wildman–Crippen MR) is 115 cm³/mol. The third-order valence-electron chi connectivity index (χ3n) is 6.05. The molecule has 0 radical (unpaired) electrons. The molecule has 1 aromatic carbocycles. The SMILES string of the molecule is CCc1cccc2c1c(CN(C)C)cn2[Si](C(C)C)(C(C)C)C(C)C. The number of rotatable bonds is 7. The van der Waals surface area contributed by atoms with E-state index >= 15 is 0 Å². The number of hydrogen-bond donors (Lipinski definition) is 0. The molecule has 2 aromatic rings. The molecule has 0 saturated heterocycles. The molecule has 1 aromatic heterocycles. The van der Waals surface area contributed by atoms with E-state index in [4.69, 9.17) is 0 Å². The van der Waals surface area contributed by atoms with E-state index < -0.39 is 8.24 Å². The van der Waals surface area contributed by atoms with Gasteiger partial charge >= 0.3 is 0 Å². The summed E-state index contributed by atoms with van der Waals surface area (Å²) in [5.41, 5.74) is 6.59. The van der Waals surface area contributed by atoms with E-state index in [0.717, 1.165) is 13.0 Å². The van der Waals surface area contributed by atoms with E-state index in [1.54, 1.807) is 0 Å². The van der Waals surface area contributed by atoms with Crippen molar-refractivity contribution >= 4 is 19.1 Å². The Bertz CT molecular complexity index is 688. The highest BCUT2D eigenvalue weighted by molar-refractivity contribution is 6.82. The van der Waals surface area contributed by atoms with Crippen molar-refractivity contribution in [3.63, 3.8) is 0 Å². The second kappa shape index (κ2) is 7.67. The molecule has 0 saturated carbocycles. The Morgan fingerprint density at radius 3 is 1.92 bits per heavy atom. The summed E-state index contributed by atoms with van der Waals surface area (Å²) in [4.78, 5) is 2.30. The van der Waals surface area contributed by atoms with Crippen molar-refractivity contribution in [2.75, 3.05) is 14.1 Å². The largest absolute Gasteiger partial charge is 0.373 e. The lowest BCUT2D eigenvalue weighted by molar-refractivity contribution is 0.404. The van der Waals surface area contributed by atoms with E-state index in [2.05, 4.69) is 96.1 Å². The minimum absolute atomic E-state index is 0.709. The summed E-state index contributed by atoms with van der Waals surface area (Å²) >= 11 is 0. The first-order valence-corrected chi connectivity index (χ1v) is 12.1. The average Bonchev–Trinajstić information content (AvgIpc) is 2.85. The van der Waals surface area contributed by atoms with Gasteiger partial charge in [-0.3, -0.25) is 0 Å². The lowest BCUT2D eigenvalue weighted by atomic mass is 10.0. The highest BCUT2D eigenvalue weighted by Crippen LogP contribution is 2.45. The number of aryl methyl sites for hydroxylation is 1. The van der Waals surface area contributed by atoms with Gasteiger partial charge in [-0.1, -0.05) is 60.6 Å². The molecule has 0 atom stereocenters. The van der Waals surface area contributed by atoms with Gasteiger partial charge in [-0.25, -0.2) is 0 Å². The van der Waals surface area contributed by atoms with Gasteiger partial charge in [0.25, 0.3) is 0 Å². The van der Waals surface area contributed by atoms with Crippen LogP contribution in [0.2, 0.25) is 16.6 Å². The van der Waals surface area contributed by atoms with Gasteiger partial charge < -0.3 is 9.13 Å². The zero-order chi connectivity index (χ0) is 18.9. The minimum Gasteiger partial charge on any atom is -0.373 e. The first-order chi connectivity index (χ1) is 11.7. The number of benzene rings is 1. The molecule has 0 amide bonds. The number of fused-ring (bicyclic) bond motifs is 1. The van der Waals surface area contributed by atoms with E-state index in [0.29, 0.717) is 16.6 Å². The van der Waals surface area contributed by atoms with Crippen molar-refractivity contribution < 1.29 is 0 Å². The van der Waals surface area contributed by atoms with Crippen LogP contribution in [0.25, 0.3) is 10.9 Å². The van der Waals surface area contributed by atoms with Gasteiger partial charge in [0.15, 0.2) is 8.24 Å². The van der Waals surface area contributed by atoms with Crippen molar-refractivity contribution in [2.45, 2.75) is 78.1 Å². The maximum Gasteiger partial charge on any atom is 0.169 e. The van der Waals surface area contributed by atoms with E-state index in [1.807, 2.05) is 0 Å². The molecule has 0 fully saturated rings. The molecule has 0 spiro atoms. The minimum atomic E-state index is -1.74. The quantitative estimate of drug-likeness (QED) is 0.528. The van der Waals surface area contributed by atoms with E-state index in [1.165, 1.54) is 22.0 Å². The number of nitrogens with zero attached hydrogens (tertiary/aromatic N) is 2. The fourth-order valence-electron chi connectivity index (χ4n) is 5.36. The summed E-state index contributed by atoms with van der Waals surface area (Å²) in [5, 5.41) is 1.51. The molecule has 25 heavy (non-hydrogen) atoms. The topological polar surface area (TPSA) is 8.17 Å². The van der Waals surface area contributed by atoms with Crippen molar-refractivity contribution in [2.24, 2.45) is 0 Å². The van der Waals surface area contributed by atoms with Crippen LogP contribution in [0.5, 0.6) is 0 Å². The molecule has 1 heterocycles. The molecule has 2 nitrogen and oxygen atoms in total. The van der Waals surface area contributed by atoms with Crippen molar-refractivity contribution in [1.29, 1.82) is 0 Å². The molecule has 0 bridgehead atoms. The third kappa shape index (κ3) is 3.33. The van der Waals surface area contributed by atoms with Gasteiger partial charge in [0.1, 0.15) is 0 Å². The second-order valence-electron chi connectivity index (χ2n) is 8.78. The molecule has 0 unspecified atom stereocenters. The van der Waals surface area contributed by atoms with Crippen LogP contribution in [0.3, 0.4) is 0 Å². The molecule has 3 heteroatoms. The second-order valence-corrected chi connectivity index (χ2v) is 14.5. The third-order valence-corrected chi connectivity index (χ3v) is 12.8. The maximum atomic E-state index is 2.78. The summed E-state index contributed by atoms with van der Waals surface area (Å²) in [6, 6.07) is 6.94. The van der Waals surface area contributed by atoms with Gasteiger partial charge in [0, 0.05) is 23.6 Å². The van der Waals surface area contributed by atoms with Gasteiger partial charge in [-0.2, -0.15) is 0 Å². The Hall–Kier alpha value is -1.06. The summed E-state index contributed by atoms with van der Waals surface area (Å²) < 4.78 is 2.78. The Kier molecular flexibility index (Phi) is 6.21. The molecule has 0 aliphatic rings. The van der Waals surface area contributed by atoms with E-state index in [-0.39, 0.29) is 0 Å². The first-order valence-electron chi connectivity index (χ1n) is 9.94. The summed E-state index contributed by atoms with van der Waals surface area (Å²) in [5.74, 6) is 0. The van der Waals surface area contributed by atoms with Crippen LogP contribution >= 0.6 is 0 Å². The lowest BCUT2D eigenvalue weighted by Crippen LogP contribution is -2.51. The fraction of sp³-hybridized carbons (Fsp3) is 0.636. The van der Waals surface area contributed by atoms with Crippen LogP contribution in [0.15, 0.2) is 24.4 Å². The molecule has 2 rings (SSSR count). The molecular weight excluding hydrogens is 320 g/mol. The Balaban J connectivity index is 2.89. The zero-order valence-corrected chi connectivity index (χ0v) is 18.9. The maximum absolute atomic E-state index is 2.78. The number of hydrogen-bond acceptors (Lipinski definition) is 1. The van der Waals surface area contributed by atoms with Crippen LogP contribution in [-0.2, 0) is 13.0 Å². The summed E-state index contributed by atoms with van der Waals surface area (Å²) in [6.07, 6.45) is 3.62. The van der Waals surface area contributed by atoms with Gasteiger partial charge in [-0.05, 0) is 54.3 Å². The smallest absolute Gasteiger partial charge is 0.169 e. The Morgan fingerprint density at radius 2 is 1.48 bits per heavy atom. The fourth-order valence-corrected chi connectivity index (χ4v) is 12.0. The molecule has 140 valence electrons. The number of aromatic nitrogens is 1. The molecule has 0 aliphatic heterocycles. The van der Waals surface area contributed by atoms with Crippen molar-refractivity contribution in [3.8, 4) is 0 Å². The predicted octanol–water partition coefficient (Wildman–Crippen LogP) is 6.29. The van der Waals surface area contributed by atoms with Crippen LogP contribution in [0, 0.1) is 0 Å². The van der Waals surface area contributed by atoms with Crippen LogP contribution in [0.4, 0.5) is 0 Å². The van der Waals surface area contributed by atoms with Crippen molar-refractivity contribution in [3.05, 3.63) is 35.5 Å². The van der Waals surface area contributed by atoms with Gasteiger partial charge in [0.2, 0.25) is 0 Å². The molecular formula is C22H38N2Si. The highest BCUT2D eigenvalue weighted by atomic mass is 28.3. The zero-order valence-electron chi connectivity index (χ0n) is 17.9. The Morgan fingerprint density at radius 1 is 0.920 bits per heavy atom. The van der Waals surface area contributed by atoms with E-state index in [9.17, 15) is 0 Å². The van der Waals surface area contributed by atoms with Crippen molar-refractivity contribution in [1.82, 2.24) is 9.13 Å². The Labute approximate surface area is 156 Å². The van der Waals surface area contributed by atoms with Crippen LogP contribution in [-0.4, -0.2) is 31.5 Å². The molecule has 0 aliphatic carbocycles. The normalized spacial score (nSPS) is 13.2. The van der Waals surface area contributed by atoms with Gasteiger partial charge in [0.05, 0.1) is 0 Å². The summed E-state index contributed by atoms with van der Waals surface area (Å²) in [7, 11) is 2.62. The standard InChI is InChI=1S/C22H38N2Si/c1-10-19-12-11-13-21-22(19)20(14-23(8)9)15-24(21)25(16(2)3,17(4)5)18(6)7/h11-13,15-18H,10,14H2,1-9H3.